The molecule has 4 rings (SSSR count). The summed E-state index contributed by atoms with van der Waals surface area (Å²) in [5.41, 5.74) is 1.59. The summed E-state index contributed by atoms with van der Waals surface area (Å²) in [7, 11) is -3.53. The number of aryl methyl sites for hydroxylation is 1. The Bertz CT molecular complexity index is 1010. The van der Waals surface area contributed by atoms with E-state index in [1.807, 2.05) is 17.9 Å². The lowest BCUT2D eigenvalue weighted by Gasteiger charge is -2.33. The van der Waals surface area contributed by atoms with Crippen LogP contribution < -0.4 is 4.90 Å². The van der Waals surface area contributed by atoms with Crippen LogP contribution in [0.3, 0.4) is 0 Å². The van der Waals surface area contributed by atoms with Gasteiger partial charge in [-0.05, 0) is 18.6 Å². The van der Waals surface area contributed by atoms with Crippen LogP contribution in [0.4, 0.5) is 5.95 Å². The number of anilines is 1. The smallest absolute Gasteiger partial charge is 0.252 e. The molecule has 0 bridgehead atoms. The van der Waals surface area contributed by atoms with Gasteiger partial charge in [0.25, 0.3) is 10.0 Å². The van der Waals surface area contributed by atoms with Crippen LogP contribution in [0.25, 0.3) is 11.3 Å². The molecule has 8 nitrogen and oxygen atoms in total. The van der Waals surface area contributed by atoms with E-state index in [0.717, 1.165) is 17.7 Å². The molecule has 10 heteroatoms. The van der Waals surface area contributed by atoms with E-state index in [1.54, 1.807) is 29.9 Å². The van der Waals surface area contributed by atoms with Crippen molar-refractivity contribution in [1.82, 2.24) is 19.4 Å². The number of aromatic nitrogens is 3. The molecule has 0 atom stereocenters. The van der Waals surface area contributed by atoms with Crippen LogP contribution in [0.15, 0.2) is 44.7 Å². The number of thiophene rings is 1. The van der Waals surface area contributed by atoms with E-state index in [9.17, 15) is 8.42 Å². The molecular formula is C17H19N5O3S2. The van der Waals surface area contributed by atoms with Crippen molar-refractivity contribution in [2.24, 2.45) is 0 Å². The quantitative estimate of drug-likeness (QED) is 0.643. The molecule has 4 heterocycles. The maximum absolute atomic E-state index is 13.0. The highest BCUT2D eigenvalue weighted by Crippen LogP contribution is 2.31. The Kier molecular flexibility index (Phi) is 4.94. The first-order chi connectivity index (χ1) is 13.1. The molecule has 27 heavy (non-hydrogen) atoms. The minimum Gasteiger partial charge on any atom is -0.356 e. The molecule has 0 N–H and O–H groups in total. The third kappa shape index (κ3) is 3.60. The minimum absolute atomic E-state index is 0.316. The first kappa shape index (κ1) is 18.1. The van der Waals surface area contributed by atoms with Gasteiger partial charge in [0.05, 0.1) is 5.69 Å². The molecule has 1 aliphatic rings. The zero-order valence-corrected chi connectivity index (χ0v) is 16.4. The molecule has 1 fully saturated rings. The first-order valence-corrected chi connectivity index (χ1v) is 11.0. The van der Waals surface area contributed by atoms with Crippen molar-refractivity contribution in [3.8, 4) is 11.3 Å². The second-order valence-electron chi connectivity index (χ2n) is 6.13. The number of sulfonamides is 1. The highest BCUT2D eigenvalue weighted by molar-refractivity contribution is 7.91. The fraction of sp³-hybridized carbons (Fsp3) is 0.353. The predicted octanol–water partition coefficient (Wildman–Crippen LogP) is 2.27. The molecular weight excluding hydrogens is 386 g/mol. The molecule has 0 unspecified atom stereocenters. The van der Waals surface area contributed by atoms with E-state index < -0.39 is 10.0 Å². The molecule has 0 aliphatic carbocycles. The zero-order valence-electron chi connectivity index (χ0n) is 14.8. The number of nitrogens with zero attached hydrogens (tertiary/aromatic N) is 5. The molecule has 0 spiro atoms. The van der Waals surface area contributed by atoms with Gasteiger partial charge < -0.3 is 9.42 Å². The molecule has 142 valence electrons. The number of hydrogen-bond donors (Lipinski definition) is 0. The lowest BCUT2D eigenvalue weighted by Crippen LogP contribution is -2.49. The van der Waals surface area contributed by atoms with Gasteiger partial charge in [-0.2, -0.15) is 4.31 Å². The van der Waals surface area contributed by atoms with Crippen LogP contribution in [-0.4, -0.2) is 54.0 Å². The van der Waals surface area contributed by atoms with Crippen molar-refractivity contribution in [1.29, 1.82) is 0 Å². The van der Waals surface area contributed by atoms with Crippen LogP contribution in [0.2, 0.25) is 0 Å². The number of hydrogen-bond acceptors (Lipinski definition) is 8. The molecule has 0 radical (unpaired) electrons. The van der Waals surface area contributed by atoms with Crippen LogP contribution in [0, 0.1) is 0 Å². The standard InChI is InChI=1S/C17H19N5O3S2/c1-2-14-11-15(25-20-14)13-10-16(26-12-13)27(23,24)22-8-6-21(7-9-22)17-18-4-3-5-19-17/h3-5,10-12H,2,6-9H2,1H3. The van der Waals surface area contributed by atoms with Crippen molar-refractivity contribution in [3.05, 3.63) is 41.7 Å². The maximum atomic E-state index is 13.0. The summed E-state index contributed by atoms with van der Waals surface area (Å²) in [6, 6.07) is 5.26. The largest absolute Gasteiger partial charge is 0.356 e. The SMILES string of the molecule is CCc1cc(-c2csc(S(=O)(=O)N3CCN(c4ncccn4)CC3)c2)on1. The van der Waals surface area contributed by atoms with Gasteiger partial charge in [-0.15, -0.1) is 11.3 Å². The van der Waals surface area contributed by atoms with Crippen molar-refractivity contribution in [2.75, 3.05) is 31.1 Å². The minimum atomic E-state index is -3.53. The molecule has 3 aromatic heterocycles. The third-order valence-corrected chi connectivity index (χ3v) is 7.76. The van der Waals surface area contributed by atoms with Crippen LogP contribution >= 0.6 is 11.3 Å². The summed E-state index contributed by atoms with van der Waals surface area (Å²) in [6.07, 6.45) is 4.15. The van der Waals surface area contributed by atoms with Crippen molar-refractivity contribution < 1.29 is 12.9 Å². The normalized spacial score (nSPS) is 16.0. The van der Waals surface area contributed by atoms with Crippen molar-refractivity contribution in [3.63, 3.8) is 0 Å². The van der Waals surface area contributed by atoms with Crippen LogP contribution in [0.1, 0.15) is 12.6 Å². The van der Waals surface area contributed by atoms with Gasteiger partial charge in [-0.1, -0.05) is 12.1 Å². The third-order valence-electron chi connectivity index (χ3n) is 4.45. The van der Waals surface area contributed by atoms with Gasteiger partial charge in [0.15, 0.2) is 5.76 Å². The topological polar surface area (TPSA) is 92.4 Å². The van der Waals surface area contributed by atoms with Gasteiger partial charge in [0.2, 0.25) is 5.95 Å². The van der Waals surface area contributed by atoms with E-state index in [1.165, 1.54) is 15.6 Å². The van der Waals surface area contributed by atoms with E-state index in [0.29, 0.717) is 42.1 Å². The molecule has 0 saturated carbocycles. The van der Waals surface area contributed by atoms with E-state index in [4.69, 9.17) is 4.52 Å². The second kappa shape index (κ2) is 7.37. The van der Waals surface area contributed by atoms with Gasteiger partial charge in [-0.25, -0.2) is 18.4 Å². The molecule has 0 aromatic carbocycles. The Morgan fingerprint density at radius 3 is 2.56 bits per heavy atom. The Balaban J connectivity index is 1.48. The first-order valence-electron chi connectivity index (χ1n) is 8.64. The summed E-state index contributed by atoms with van der Waals surface area (Å²) in [5.74, 6) is 1.22. The average molecular weight is 406 g/mol. The van der Waals surface area contributed by atoms with Gasteiger partial charge in [0.1, 0.15) is 4.21 Å². The lowest BCUT2D eigenvalue weighted by molar-refractivity contribution is 0.383. The van der Waals surface area contributed by atoms with Crippen LogP contribution in [-0.2, 0) is 16.4 Å². The Hall–Kier alpha value is -2.30. The number of rotatable bonds is 5. The summed E-state index contributed by atoms with van der Waals surface area (Å²) in [4.78, 5) is 10.4. The Labute approximate surface area is 161 Å². The lowest BCUT2D eigenvalue weighted by atomic mass is 10.2. The Morgan fingerprint density at radius 2 is 1.89 bits per heavy atom. The van der Waals surface area contributed by atoms with Crippen molar-refractivity contribution in [2.45, 2.75) is 17.6 Å². The van der Waals surface area contributed by atoms with Gasteiger partial charge in [0, 0.05) is 55.6 Å². The molecule has 1 aliphatic heterocycles. The van der Waals surface area contributed by atoms with E-state index >= 15 is 0 Å². The summed E-state index contributed by atoms with van der Waals surface area (Å²) in [6.45, 7) is 3.91. The second-order valence-corrected chi connectivity index (χ2v) is 9.21. The fourth-order valence-corrected chi connectivity index (χ4v) is 5.65. The fourth-order valence-electron chi connectivity index (χ4n) is 2.91. The van der Waals surface area contributed by atoms with E-state index in [-0.39, 0.29) is 0 Å². The zero-order chi connectivity index (χ0) is 18.9. The van der Waals surface area contributed by atoms with E-state index in [2.05, 4.69) is 15.1 Å². The average Bonchev–Trinajstić information content (AvgIpc) is 3.38. The summed E-state index contributed by atoms with van der Waals surface area (Å²) >= 11 is 1.20. The summed E-state index contributed by atoms with van der Waals surface area (Å²) < 4.78 is 33.1. The number of piperazine rings is 1. The highest BCUT2D eigenvalue weighted by Gasteiger charge is 2.30. The predicted molar refractivity (Wildman–Crippen MR) is 102 cm³/mol. The van der Waals surface area contributed by atoms with Crippen molar-refractivity contribution >= 4 is 27.3 Å². The maximum Gasteiger partial charge on any atom is 0.252 e. The van der Waals surface area contributed by atoms with Crippen LogP contribution in [0.5, 0.6) is 0 Å². The molecule has 1 saturated heterocycles. The highest BCUT2D eigenvalue weighted by atomic mass is 32.2. The van der Waals surface area contributed by atoms with Gasteiger partial charge >= 0.3 is 0 Å². The Morgan fingerprint density at radius 1 is 1.15 bits per heavy atom. The van der Waals surface area contributed by atoms with Gasteiger partial charge in [-0.3, -0.25) is 0 Å². The molecule has 3 aromatic rings. The summed E-state index contributed by atoms with van der Waals surface area (Å²) in [5, 5.41) is 5.75. The molecule has 0 amide bonds. The monoisotopic (exact) mass is 405 g/mol.